The van der Waals surface area contributed by atoms with Crippen LogP contribution in [0, 0.1) is 0 Å². The Morgan fingerprint density at radius 2 is 1.57 bits per heavy atom. The van der Waals surface area contributed by atoms with E-state index in [1.54, 1.807) is 42.5 Å². The van der Waals surface area contributed by atoms with E-state index in [4.69, 9.17) is 0 Å². The lowest BCUT2D eigenvalue weighted by Gasteiger charge is -2.33. The molecule has 0 fully saturated rings. The molecule has 0 unspecified atom stereocenters. The van der Waals surface area contributed by atoms with Crippen LogP contribution in [0.15, 0.2) is 94.3 Å². The number of hydrogen-bond acceptors (Lipinski definition) is 4. The fourth-order valence-electron chi connectivity index (χ4n) is 3.75. The molecule has 3 rings (SSSR count). The van der Waals surface area contributed by atoms with Gasteiger partial charge in [-0.15, -0.1) is 0 Å². The number of nitrogens with one attached hydrogen (secondary N) is 1. The summed E-state index contributed by atoms with van der Waals surface area (Å²) in [6.07, 6.45) is 0.376. The molecule has 1 atom stereocenters. The maximum absolute atomic E-state index is 13.7. The molecule has 0 saturated carbocycles. The lowest BCUT2D eigenvalue weighted by atomic mass is 10.1. The van der Waals surface area contributed by atoms with Crippen LogP contribution in [0.3, 0.4) is 0 Å². The summed E-state index contributed by atoms with van der Waals surface area (Å²) < 4.78 is 29.1. The Hall–Kier alpha value is -3.17. The Bertz CT molecular complexity index is 1250. The molecule has 0 radical (unpaired) electrons. The van der Waals surface area contributed by atoms with E-state index < -0.39 is 28.5 Å². The average molecular weight is 558 g/mol. The number of anilines is 1. The van der Waals surface area contributed by atoms with Crippen LogP contribution in [0.1, 0.15) is 18.9 Å². The third-order valence-electron chi connectivity index (χ3n) is 5.53. The fraction of sp³-hybridized carbons (Fsp3) is 0.231. The molecule has 0 heterocycles. The van der Waals surface area contributed by atoms with Crippen molar-refractivity contribution in [3.63, 3.8) is 0 Å². The van der Waals surface area contributed by atoms with Gasteiger partial charge in [0, 0.05) is 18.1 Å². The van der Waals surface area contributed by atoms with Crippen molar-refractivity contribution >= 4 is 43.5 Å². The van der Waals surface area contributed by atoms with Crippen LogP contribution in [-0.4, -0.2) is 44.8 Å². The van der Waals surface area contributed by atoms with Crippen LogP contribution in [-0.2, 0) is 26.2 Å². The summed E-state index contributed by atoms with van der Waals surface area (Å²) in [7, 11) is -2.55. The zero-order chi connectivity index (χ0) is 25.4. The molecule has 0 aliphatic heterocycles. The van der Waals surface area contributed by atoms with Gasteiger partial charge in [-0.05, 0) is 42.3 Å². The first-order chi connectivity index (χ1) is 16.8. The Balaban J connectivity index is 2.04. The third-order valence-corrected chi connectivity index (χ3v) is 7.82. The quantitative estimate of drug-likeness (QED) is 0.404. The first-order valence-electron chi connectivity index (χ1n) is 11.2. The average Bonchev–Trinajstić information content (AvgIpc) is 2.87. The van der Waals surface area contributed by atoms with Gasteiger partial charge < -0.3 is 10.2 Å². The number of likely N-dealkylation sites (N-methyl/N-ethyl adjacent to an activating group) is 1. The normalized spacial score (nSPS) is 12.0. The predicted octanol–water partition coefficient (Wildman–Crippen LogP) is 4.20. The van der Waals surface area contributed by atoms with Crippen molar-refractivity contribution in [1.29, 1.82) is 0 Å². The van der Waals surface area contributed by atoms with E-state index in [-0.39, 0.29) is 17.3 Å². The van der Waals surface area contributed by atoms with E-state index in [0.29, 0.717) is 16.6 Å². The molecule has 0 aliphatic carbocycles. The van der Waals surface area contributed by atoms with Gasteiger partial charge in [-0.3, -0.25) is 13.9 Å². The minimum absolute atomic E-state index is 0.0701. The summed E-state index contributed by atoms with van der Waals surface area (Å²) in [5.74, 6) is -0.791. The summed E-state index contributed by atoms with van der Waals surface area (Å²) in [4.78, 5) is 27.9. The Labute approximate surface area is 214 Å². The van der Waals surface area contributed by atoms with Crippen LogP contribution in [0.4, 0.5) is 5.69 Å². The number of nitrogens with zero attached hydrogens (tertiary/aromatic N) is 2. The van der Waals surface area contributed by atoms with Gasteiger partial charge in [0.25, 0.3) is 10.0 Å². The Kier molecular flexibility index (Phi) is 9.06. The fourth-order valence-corrected chi connectivity index (χ4v) is 5.56. The van der Waals surface area contributed by atoms with Crippen molar-refractivity contribution in [3.8, 4) is 0 Å². The van der Waals surface area contributed by atoms with Gasteiger partial charge >= 0.3 is 0 Å². The molecule has 9 heteroatoms. The molecule has 2 amide bonds. The van der Waals surface area contributed by atoms with Gasteiger partial charge in [0.2, 0.25) is 11.8 Å². The smallest absolute Gasteiger partial charge is 0.264 e. The highest BCUT2D eigenvalue weighted by Crippen LogP contribution is 2.27. The topological polar surface area (TPSA) is 86.8 Å². The van der Waals surface area contributed by atoms with Gasteiger partial charge in [0.15, 0.2) is 0 Å². The second-order valence-electron chi connectivity index (χ2n) is 7.85. The van der Waals surface area contributed by atoms with Gasteiger partial charge in [-0.1, -0.05) is 77.5 Å². The maximum Gasteiger partial charge on any atom is 0.264 e. The second kappa shape index (κ2) is 12.0. The Morgan fingerprint density at radius 1 is 0.943 bits per heavy atom. The van der Waals surface area contributed by atoms with Crippen LogP contribution < -0.4 is 9.62 Å². The molecule has 0 bridgehead atoms. The van der Waals surface area contributed by atoms with Crippen molar-refractivity contribution < 1.29 is 18.0 Å². The summed E-state index contributed by atoms with van der Waals surface area (Å²) in [5.41, 5.74) is 1.17. The number of hydrogen-bond donors (Lipinski definition) is 1. The van der Waals surface area contributed by atoms with Crippen molar-refractivity contribution in [3.05, 3.63) is 95.0 Å². The first-order valence-corrected chi connectivity index (χ1v) is 13.4. The number of carbonyl (C=O) groups excluding carboxylic acids is 2. The van der Waals surface area contributed by atoms with Gasteiger partial charge in [0.1, 0.15) is 12.6 Å². The molecule has 0 spiro atoms. The summed E-state index contributed by atoms with van der Waals surface area (Å²) in [5, 5.41) is 2.61. The molecule has 35 heavy (non-hydrogen) atoms. The number of sulfonamides is 1. The highest BCUT2D eigenvalue weighted by molar-refractivity contribution is 9.10. The maximum atomic E-state index is 13.7. The van der Waals surface area contributed by atoms with E-state index >= 15 is 0 Å². The van der Waals surface area contributed by atoms with Gasteiger partial charge in [-0.25, -0.2) is 8.42 Å². The highest BCUT2D eigenvalue weighted by Gasteiger charge is 2.33. The van der Waals surface area contributed by atoms with Crippen molar-refractivity contribution in [2.75, 3.05) is 17.9 Å². The van der Waals surface area contributed by atoms with E-state index in [0.717, 1.165) is 9.87 Å². The summed E-state index contributed by atoms with van der Waals surface area (Å²) in [6.45, 7) is 1.52. The minimum atomic E-state index is -4.07. The standard InChI is InChI=1S/C26H28BrN3O4S/c1-3-24(26(32)28-2)29(18-20-11-6-4-7-12-20)25(31)19-30(22-14-10-13-21(27)17-22)35(33,34)23-15-8-5-9-16-23/h4-17,24H,3,18-19H2,1-2H3,(H,28,32)/t24-/m1/s1. The minimum Gasteiger partial charge on any atom is -0.357 e. The Morgan fingerprint density at radius 3 is 2.14 bits per heavy atom. The lowest BCUT2D eigenvalue weighted by Crippen LogP contribution is -2.51. The number of halogens is 1. The predicted molar refractivity (Wildman–Crippen MR) is 140 cm³/mol. The van der Waals surface area contributed by atoms with Crippen LogP contribution in [0.5, 0.6) is 0 Å². The monoisotopic (exact) mass is 557 g/mol. The first kappa shape index (κ1) is 26.4. The van der Waals surface area contributed by atoms with Gasteiger partial charge in [0.05, 0.1) is 10.6 Å². The number of carbonyl (C=O) groups is 2. The summed E-state index contributed by atoms with van der Waals surface area (Å²) in [6, 6.07) is 23.3. The molecule has 0 saturated heterocycles. The molecule has 7 nitrogen and oxygen atoms in total. The highest BCUT2D eigenvalue weighted by atomic mass is 79.9. The van der Waals surface area contributed by atoms with E-state index in [2.05, 4.69) is 21.2 Å². The zero-order valence-electron chi connectivity index (χ0n) is 19.6. The molecule has 184 valence electrons. The van der Waals surface area contributed by atoms with Crippen molar-refractivity contribution in [2.45, 2.75) is 30.8 Å². The lowest BCUT2D eigenvalue weighted by molar-refractivity contribution is -0.140. The molecular formula is C26H28BrN3O4S. The molecule has 3 aromatic rings. The molecular weight excluding hydrogens is 530 g/mol. The SMILES string of the molecule is CC[C@H](C(=O)NC)N(Cc1ccccc1)C(=O)CN(c1cccc(Br)c1)S(=O)(=O)c1ccccc1. The largest absolute Gasteiger partial charge is 0.357 e. The number of benzene rings is 3. The number of rotatable bonds is 10. The van der Waals surface area contributed by atoms with Crippen molar-refractivity contribution in [1.82, 2.24) is 10.2 Å². The zero-order valence-corrected chi connectivity index (χ0v) is 22.0. The molecule has 0 aromatic heterocycles. The van der Waals surface area contributed by atoms with Crippen LogP contribution in [0.2, 0.25) is 0 Å². The number of amides is 2. The second-order valence-corrected chi connectivity index (χ2v) is 10.6. The molecule has 3 aromatic carbocycles. The van der Waals surface area contributed by atoms with E-state index in [9.17, 15) is 18.0 Å². The molecule has 0 aliphatic rings. The van der Waals surface area contributed by atoms with Crippen molar-refractivity contribution in [2.24, 2.45) is 0 Å². The van der Waals surface area contributed by atoms with E-state index in [1.807, 2.05) is 37.3 Å². The van der Waals surface area contributed by atoms with Gasteiger partial charge in [-0.2, -0.15) is 0 Å². The third kappa shape index (κ3) is 6.49. The van der Waals surface area contributed by atoms with Crippen LogP contribution >= 0.6 is 15.9 Å². The van der Waals surface area contributed by atoms with Crippen LogP contribution in [0.25, 0.3) is 0 Å². The summed E-state index contributed by atoms with van der Waals surface area (Å²) >= 11 is 3.39. The van der Waals surface area contributed by atoms with E-state index in [1.165, 1.54) is 24.1 Å². The molecule has 1 N–H and O–H groups in total.